The van der Waals surface area contributed by atoms with Crippen LogP contribution in [0, 0.1) is 0 Å². The predicted molar refractivity (Wildman–Crippen MR) is 115 cm³/mol. The lowest BCUT2D eigenvalue weighted by Gasteiger charge is -2.24. The number of alkyl halides is 2. The van der Waals surface area contributed by atoms with Gasteiger partial charge in [-0.2, -0.15) is 8.78 Å². The lowest BCUT2D eigenvalue weighted by molar-refractivity contribution is -0.130. The lowest BCUT2D eigenvalue weighted by atomic mass is 10.2. The maximum Gasteiger partial charge on any atom is 0.387 e. The van der Waals surface area contributed by atoms with Gasteiger partial charge in [0.1, 0.15) is 5.75 Å². The number of nitrogens with zero attached hydrogens (tertiary/aromatic N) is 4. The molecule has 0 spiro atoms. The molecule has 31 heavy (non-hydrogen) atoms. The Morgan fingerprint density at radius 3 is 2.45 bits per heavy atom. The number of thioether (sulfide) groups is 1. The summed E-state index contributed by atoms with van der Waals surface area (Å²) in [4.78, 5) is 14.7. The van der Waals surface area contributed by atoms with Crippen LogP contribution in [0.4, 0.5) is 8.78 Å². The Morgan fingerprint density at radius 1 is 1.16 bits per heavy atom. The van der Waals surface area contributed by atoms with Crippen LogP contribution in [0.15, 0.2) is 59.8 Å². The summed E-state index contributed by atoms with van der Waals surface area (Å²) in [5, 5.41) is 8.11. The summed E-state index contributed by atoms with van der Waals surface area (Å²) in [6.07, 6.45) is 0. The third-order valence-corrected chi connectivity index (χ3v) is 5.59. The molecular weight excluding hydrogens is 424 g/mol. The van der Waals surface area contributed by atoms with E-state index in [4.69, 9.17) is 5.84 Å². The smallest absolute Gasteiger partial charge is 0.387 e. The van der Waals surface area contributed by atoms with E-state index in [1.165, 1.54) is 28.6 Å². The molecule has 0 saturated carbocycles. The fourth-order valence-corrected chi connectivity index (χ4v) is 3.81. The van der Waals surface area contributed by atoms with Gasteiger partial charge in [0.25, 0.3) is 0 Å². The van der Waals surface area contributed by atoms with Crippen LogP contribution in [-0.4, -0.2) is 44.1 Å². The van der Waals surface area contributed by atoms with E-state index in [9.17, 15) is 13.6 Å². The average molecular weight is 448 g/mol. The molecule has 1 unspecified atom stereocenters. The summed E-state index contributed by atoms with van der Waals surface area (Å²) >= 11 is 1.21. The second-order valence-corrected chi connectivity index (χ2v) is 7.99. The zero-order valence-corrected chi connectivity index (χ0v) is 17.9. The number of ether oxygens (including phenoxy) is 1. The number of carbonyl (C=O) groups excluding carboxylic acids is 1. The molecule has 0 aliphatic carbocycles. The first-order valence-corrected chi connectivity index (χ1v) is 10.5. The third kappa shape index (κ3) is 5.72. The number of benzene rings is 2. The summed E-state index contributed by atoms with van der Waals surface area (Å²) in [7, 11) is 0. The van der Waals surface area contributed by atoms with Crippen molar-refractivity contribution in [3.8, 4) is 17.1 Å². The molecule has 3 rings (SSSR count). The lowest BCUT2D eigenvalue weighted by Crippen LogP contribution is -2.36. The molecule has 2 N–H and O–H groups in total. The number of nitrogens with two attached hydrogens (primary N) is 1. The number of rotatable bonds is 9. The van der Waals surface area contributed by atoms with E-state index in [2.05, 4.69) is 14.9 Å². The number of aromatic nitrogens is 3. The maximum atomic E-state index is 12.9. The second-order valence-electron chi connectivity index (χ2n) is 6.68. The van der Waals surface area contributed by atoms with Crippen LogP contribution >= 0.6 is 11.8 Å². The zero-order valence-electron chi connectivity index (χ0n) is 17.1. The molecule has 1 atom stereocenters. The second kappa shape index (κ2) is 10.3. The van der Waals surface area contributed by atoms with E-state index in [1.807, 2.05) is 37.3 Å². The van der Waals surface area contributed by atoms with Crippen LogP contribution in [0.1, 0.15) is 19.4 Å². The van der Waals surface area contributed by atoms with E-state index in [0.717, 1.165) is 5.56 Å². The van der Waals surface area contributed by atoms with Crippen molar-refractivity contribution in [2.45, 2.75) is 37.4 Å². The highest BCUT2D eigenvalue weighted by atomic mass is 32.2. The van der Waals surface area contributed by atoms with Gasteiger partial charge in [-0.15, -0.1) is 10.2 Å². The molecule has 7 nitrogen and oxygen atoms in total. The van der Waals surface area contributed by atoms with Gasteiger partial charge in [-0.05, 0) is 43.7 Å². The first kappa shape index (κ1) is 22.5. The first-order valence-electron chi connectivity index (χ1n) is 9.64. The van der Waals surface area contributed by atoms with Crippen molar-refractivity contribution in [1.29, 1.82) is 0 Å². The molecule has 3 aromatic rings. The van der Waals surface area contributed by atoms with Gasteiger partial charge in [-0.25, -0.2) is 4.68 Å². The minimum Gasteiger partial charge on any atom is -0.435 e. The largest absolute Gasteiger partial charge is 0.435 e. The molecule has 164 valence electrons. The number of hydrogen-bond acceptors (Lipinski definition) is 6. The van der Waals surface area contributed by atoms with Crippen molar-refractivity contribution in [3.63, 3.8) is 0 Å². The molecule has 1 heterocycles. The molecule has 10 heteroatoms. The number of nitrogen functional groups attached to an aromatic ring is 1. The summed E-state index contributed by atoms with van der Waals surface area (Å²) in [6, 6.07) is 15.7. The maximum absolute atomic E-state index is 12.9. The van der Waals surface area contributed by atoms with Crippen molar-refractivity contribution in [1.82, 2.24) is 19.8 Å². The Labute approximate surface area is 183 Å². The van der Waals surface area contributed by atoms with Crippen LogP contribution in [0.5, 0.6) is 5.75 Å². The van der Waals surface area contributed by atoms with Gasteiger partial charge in [0.15, 0.2) is 5.82 Å². The molecule has 1 aromatic heterocycles. The molecule has 0 radical (unpaired) electrons. The monoisotopic (exact) mass is 447 g/mol. The molecule has 0 bridgehead atoms. The highest BCUT2D eigenvalue weighted by molar-refractivity contribution is 8.00. The van der Waals surface area contributed by atoms with E-state index >= 15 is 0 Å². The highest BCUT2D eigenvalue weighted by Gasteiger charge is 2.24. The van der Waals surface area contributed by atoms with Crippen LogP contribution < -0.4 is 10.6 Å². The summed E-state index contributed by atoms with van der Waals surface area (Å²) in [5.41, 5.74) is 1.64. The molecule has 1 amide bonds. The van der Waals surface area contributed by atoms with Crippen molar-refractivity contribution in [2.75, 3.05) is 12.4 Å². The zero-order chi connectivity index (χ0) is 22.4. The Kier molecular flexibility index (Phi) is 7.45. The number of carbonyl (C=O) groups is 1. The molecule has 0 saturated heterocycles. The predicted octanol–water partition coefficient (Wildman–Crippen LogP) is 3.79. The van der Waals surface area contributed by atoms with Crippen molar-refractivity contribution in [2.24, 2.45) is 0 Å². The first-order chi connectivity index (χ1) is 14.9. The molecular formula is C21H23F2N5O2S. The quantitative estimate of drug-likeness (QED) is 0.397. The summed E-state index contributed by atoms with van der Waals surface area (Å²) in [5.74, 6) is 6.48. The molecule has 0 aliphatic heterocycles. The van der Waals surface area contributed by atoms with Gasteiger partial charge >= 0.3 is 6.61 Å². The van der Waals surface area contributed by atoms with E-state index in [0.29, 0.717) is 29.6 Å². The Morgan fingerprint density at radius 2 is 1.84 bits per heavy atom. The van der Waals surface area contributed by atoms with Crippen molar-refractivity contribution >= 4 is 17.7 Å². The Balaban J connectivity index is 1.68. The summed E-state index contributed by atoms with van der Waals surface area (Å²) in [6.45, 7) is 1.94. The SMILES string of the molecule is CCN(Cc1ccccc1)C(=O)C(C)Sc1nnc(-c2ccc(OC(F)F)cc2)n1N. The van der Waals surface area contributed by atoms with Gasteiger partial charge in [0, 0.05) is 18.7 Å². The fourth-order valence-electron chi connectivity index (χ4n) is 2.95. The summed E-state index contributed by atoms with van der Waals surface area (Å²) < 4.78 is 30.2. The van der Waals surface area contributed by atoms with E-state index in [-0.39, 0.29) is 11.7 Å². The normalized spacial score (nSPS) is 12.0. The topological polar surface area (TPSA) is 86.3 Å². The van der Waals surface area contributed by atoms with E-state index in [1.54, 1.807) is 24.0 Å². The van der Waals surface area contributed by atoms with Gasteiger partial charge in [-0.3, -0.25) is 4.79 Å². The van der Waals surface area contributed by atoms with Gasteiger partial charge in [0.05, 0.1) is 5.25 Å². The van der Waals surface area contributed by atoms with Crippen LogP contribution in [-0.2, 0) is 11.3 Å². The Bertz CT molecular complexity index is 999. The fraction of sp³-hybridized carbons (Fsp3) is 0.286. The van der Waals surface area contributed by atoms with Gasteiger partial charge in [0.2, 0.25) is 11.1 Å². The molecule has 2 aromatic carbocycles. The number of halogens is 2. The van der Waals surface area contributed by atoms with Crippen molar-refractivity contribution < 1.29 is 18.3 Å². The van der Waals surface area contributed by atoms with Crippen LogP contribution in [0.2, 0.25) is 0 Å². The van der Waals surface area contributed by atoms with Crippen LogP contribution in [0.3, 0.4) is 0 Å². The minimum atomic E-state index is -2.89. The van der Waals surface area contributed by atoms with Crippen LogP contribution in [0.25, 0.3) is 11.4 Å². The Hall–Kier alpha value is -3.14. The van der Waals surface area contributed by atoms with Gasteiger partial charge in [-0.1, -0.05) is 42.1 Å². The minimum absolute atomic E-state index is 0.0330. The molecule has 0 aliphatic rings. The third-order valence-electron chi connectivity index (χ3n) is 4.54. The highest BCUT2D eigenvalue weighted by Crippen LogP contribution is 2.27. The van der Waals surface area contributed by atoms with Gasteiger partial charge < -0.3 is 15.5 Å². The standard InChI is InChI=1S/C21H23F2N5O2S/c1-3-27(13-15-7-5-4-6-8-15)19(29)14(2)31-21-26-25-18(28(21)24)16-9-11-17(12-10-16)30-20(22)23/h4-12,14,20H,3,13,24H2,1-2H3. The number of hydrogen-bond donors (Lipinski definition) is 1. The number of amides is 1. The molecule has 0 fully saturated rings. The van der Waals surface area contributed by atoms with Crippen molar-refractivity contribution in [3.05, 3.63) is 60.2 Å². The average Bonchev–Trinajstić information content (AvgIpc) is 3.12. The van der Waals surface area contributed by atoms with E-state index < -0.39 is 11.9 Å².